The number of aromatic nitrogens is 1. The lowest BCUT2D eigenvalue weighted by Gasteiger charge is -2.28. The van der Waals surface area contributed by atoms with Gasteiger partial charge in [-0.2, -0.15) is 0 Å². The van der Waals surface area contributed by atoms with Gasteiger partial charge in [0.15, 0.2) is 9.84 Å². The highest BCUT2D eigenvalue weighted by Gasteiger charge is 2.35. The Morgan fingerprint density at radius 1 is 0.958 bits per heavy atom. The number of aryl methyl sites for hydroxylation is 1. The zero-order chi connectivity index (χ0) is 35.3. The molecule has 4 N–H and O–H groups in total. The molecule has 48 heavy (non-hydrogen) atoms. The lowest BCUT2D eigenvalue weighted by atomic mass is 10.0. The SMILES string of the molecule is CCCC(CCC)S(=O)(=O)CC(NC(=O)c1ccc(Cl)nc1)C(=O)O[C@H](CNCc1cccc(CC)c1)[C@@H](N)Cc1cc(F)cc(F)c1. The molecule has 0 saturated heterocycles. The first-order chi connectivity index (χ1) is 22.8. The van der Waals surface area contributed by atoms with Crippen LogP contribution in [0.2, 0.25) is 5.15 Å². The van der Waals surface area contributed by atoms with Crippen LogP contribution in [0, 0.1) is 11.6 Å². The van der Waals surface area contributed by atoms with Crippen molar-refractivity contribution in [2.75, 3.05) is 12.3 Å². The molecule has 262 valence electrons. The number of amides is 1. The van der Waals surface area contributed by atoms with Gasteiger partial charge in [-0.25, -0.2) is 27.0 Å². The maximum absolute atomic E-state index is 14.0. The molecule has 1 amide bonds. The first-order valence-electron chi connectivity index (χ1n) is 16.2. The van der Waals surface area contributed by atoms with E-state index in [9.17, 15) is 26.8 Å². The number of pyridine rings is 1. The molecular weight excluding hydrogens is 662 g/mol. The van der Waals surface area contributed by atoms with Gasteiger partial charge in [0.2, 0.25) is 0 Å². The molecule has 13 heteroatoms. The van der Waals surface area contributed by atoms with Crippen molar-refractivity contribution in [3.8, 4) is 0 Å². The number of nitrogens with one attached hydrogen (secondary N) is 2. The molecule has 0 bridgehead atoms. The maximum atomic E-state index is 14.0. The zero-order valence-corrected chi connectivity index (χ0v) is 29.1. The monoisotopic (exact) mass is 706 g/mol. The maximum Gasteiger partial charge on any atom is 0.330 e. The predicted octanol–water partition coefficient (Wildman–Crippen LogP) is 5.33. The molecule has 1 heterocycles. The van der Waals surface area contributed by atoms with E-state index in [2.05, 4.69) is 15.6 Å². The van der Waals surface area contributed by atoms with Crippen molar-refractivity contribution in [3.05, 3.63) is 99.8 Å². The van der Waals surface area contributed by atoms with Gasteiger partial charge >= 0.3 is 5.97 Å². The molecule has 0 aliphatic carbocycles. The number of hydrogen-bond donors (Lipinski definition) is 3. The van der Waals surface area contributed by atoms with E-state index in [-0.39, 0.29) is 29.2 Å². The van der Waals surface area contributed by atoms with Gasteiger partial charge < -0.3 is 21.1 Å². The highest BCUT2D eigenvalue weighted by atomic mass is 35.5. The van der Waals surface area contributed by atoms with Crippen molar-refractivity contribution < 1.29 is 31.5 Å². The summed E-state index contributed by atoms with van der Waals surface area (Å²) in [6.07, 6.45) is 2.96. The summed E-state index contributed by atoms with van der Waals surface area (Å²) >= 11 is 5.86. The highest BCUT2D eigenvalue weighted by Crippen LogP contribution is 2.19. The van der Waals surface area contributed by atoms with Gasteiger partial charge in [-0.05, 0) is 66.6 Å². The van der Waals surface area contributed by atoms with Crippen LogP contribution in [0.4, 0.5) is 8.78 Å². The van der Waals surface area contributed by atoms with Crippen LogP contribution in [0.15, 0.2) is 60.8 Å². The number of ether oxygens (including phenoxy) is 1. The zero-order valence-electron chi connectivity index (χ0n) is 27.6. The molecule has 9 nitrogen and oxygen atoms in total. The van der Waals surface area contributed by atoms with E-state index in [0.717, 1.165) is 35.7 Å². The topological polar surface area (TPSA) is 140 Å². The van der Waals surface area contributed by atoms with Gasteiger partial charge in [0, 0.05) is 31.4 Å². The Hall–Kier alpha value is -3.45. The third-order valence-corrected chi connectivity index (χ3v) is 10.4. The Morgan fingerprint density at radius 3 is 2.23 bits per heavy atom. The highest BCUT2D eigenvalue weighted by molar-refractivity contribution is 7.92. The van der Waals surface area contributed by atoms with E-state index in [1.807, 2.05) is 45.0 Å². The van der Waals surface area contributed by atoms with E-state index in [1.54, 1.807) is 0 Å². The van der Waals surface area contributed by atoms with Crippen molar-refractivity contribution in [1.82, 2.24) is 15.6 Å². The fourth-order valence-electron chi connectivity index (χ4n) is 5.40. The molecule has 3 atom stereocenters. The van der Waals surface area contributed by atoms with Crippen LogP contribution < -0.4 is 16.4 Å². The summed E-state index contributed by atoms with van der Waals surface area (Å²) in [7, 11) is -3.88. The van der Waals surface area contributed by atoms with Gasteiger partial charge in [-0.3, -0.25) is 4.79 Å². The molecule has 0 aliphatic rings. The Bertz CT molecular complexity index is 1580. The standard InChI is InChI=1S/C35H45ClF2N4O5S/c1-4-8-29(9-5-2)48(45,46)22-31(42-34(43)26-12-13-33(36)41-20-26)35(44)47-32(21-40-19-24-11-7-10-23(6-3)14-24)30(39)17-25-15-27(37)18-28(38)16-25/h7,10-16,18,20,29-32,40H,4-6,8-9,17,19,21-22,39H2,1-3H3,(H,42,43)/t30-,31?,32+/m0/s1. The smallest absolute Gasteiger partial charge is 0.330 e. The molecule has 0 spiro atoms. The number of nitrogens with two attached hydrogens (primary N) is 1. The van der Waals surface area contributed by atoms with E-state index < -0.39 is 62.5 Å². The van der Waals surface area contributed by atoms with Crippen LogP contribution in [0.25, 0.3) is 0 Å². The van der Waals surface area contributed by atoms with Gasteiger partial charge in [0.1, 0.15) is 28.9 Å². The van der Waals surface area contributed by atoms with Crippen LogP contribution >= 0.6 is 11.6 Å². The summed E-state index contributed by atoms with van der Waals surface area (Å²) in [4.78, 5) is 30.9. The number of rotatable bonds is 19. The summed E-state index contributed by atoms with van der Waals surface area (Å²) < 4.78 is 61.0. The van der Waals surface area contributed by atoms with E-state index >= 15 is 0 Å². The molecule has 3 rings (SSSR count). The quantitative estimate of drug-likeness (QED) is 0.112. The molecule has 1 unspecified atom stereocenters. The van der Waals surface area contributed by atoms with E-state index in [1.165, 1.54) is 18.3 Å². The molecule has 2 aromatic carbocycles. The van der Waals surface area contributed by atoms with Gasteiger partial charge in [-0.1, -0.05) is 69.5 Å². The first-order valence-corrected chi connectivity index (χ1v) is 18.3. The minimum Gasteiger partial charge on any atom is -0.458 e. The summed E-state index contributed by atoms with van der Waals surface area (Å²) in [5.74, 6) is -4.02. The number of sulfone groups is 1. The number of hydrogen-bond acceptors (Lipinski definition) is 8. The summed E-state index contributed by atoms with van der Waals surface area (Å²) in [6.45, 7) is 6.23. The second-order valence-electron chi connectivity index (χ2n) is 11.8. The van der Waals surface area contributed by atoms with Crippen LogP contribution in [0.1, 0.15) is 73.5 Å². The fourth-order valence-corrected chi connectivity index (χ4v) is 7.66. The van der Waals surface area contributed by atoms with Crippen LogP contribution in [0.3, 0.4) is 0 Å². The Labute approximate surface area is 286 Å². The van der Waals surface area contributed by atoms with Crippen molar-refractivity contribution in [3.63, 3.8) is 0 Å². The largest absolute Gasteiger partial charge is 0.458 e. The molecule has 0 radical (unpaired) electrons. The summed E-state index contributed by atoms with van der Waals surface area (Å²) in [5.41, 5.74) is 8.93. The number of carbonyl (C=O) groups excluding carboxylic acids is 2. The third kappa shape index (κ3) is 12.2. The van der Waals surface area contributed by atoms with Gasteiger partial charge in [-0.15, -0.1) is 0 Å². The van der Waals surface area contributed by atoms with Crippen LogP contribution in [0.5, 0.6) is 0 Å². The Kier molecular flexibility index (Phi) is 15.4. The lowest BCUT2D eigenvalue weighted by molar-refractivity contribution is -0.151. The molecule has 0 aliphatic heterocycles. The normalized spacial score (nSPS) is 13.6. The molecule has 3 aromatic rings. The molecule has 0 saturated carbocycles. The Morgan fingerprint density at radius 2 is 1.62 bits per heavy atom. The van der Waals surface area contributed by atoms with Crippen molar-refractivity contribution in [2.24, 2.45) is 5.73 Å². The first kappa shape index (κ1) is 39.0. The van der Waals surface area contributed by atoms with Gasteiger partial charge in [0.05, 0.1) is 16.6 Å². The van der Waals surface area contributed by atoms with Crippen molar-refractivity contribution >= 4 is 33.3 Å². The second-order valence-corrected chi connectivity index (χ2v) is 14.6. The van der Waals surface area contributed by atoms with Crippen LogP contribution in [-0.2, 0) is 38.8 Å². The van der Waals surface area contributed by atoms with Gasteiger partial charge in [0.25, 0.3) is 5.91 Å². The summed E-state index contributed by atoms with van der Waals surface area (Å²) in [5, 5.41) is 5.18. The number of esters is 1. The summed E-state index contributed by atoms with van der Waals surface area (Å²) in [6, 6.07) is 11.2. The van der Waals surface area contributed by atoms with Crippen molar-refractivity contribution in [2.45, 2.75) is 89.3 Å². The lowest BCUT2D eigenvalue weighted by Crippen LogP contribution is -2.52. The van der Waals surface area contributed by atoms with E-state index in [4.69, 9.17) is 22.1 Å². The average molecular weight is 707 g/mol. The number of halogens is 3. The molecule has 1 aromatic heterocycles. The molecule has 0 fully saturated rings. The van der Waals surface area contributed by atoms with Crippen LogP contribution in [-0.4, -0.2) is 61.0 Å². The number of benzene rings is 2. The molecular formula is C35H45ClF2N4O5S. The average Bonchev–Trinajstić information content (AvgIpc) is 3.03. The fraction of sp³-hybridized carbons (Fsp3) is 0.457. The minimum absolute atomic E-state index is 0.0316. The number of carbonyl (C=O) groups is 2. The second kappa shape index (κ2) is 18.9. The van der Waals surface area contributed by atoms with E-state index in [0.29, 0.717) is 32.2 Å². The van der Waals surface area contributed by atoms with Crippen molar-refractivity contribution in [1.29, 1.82) is 0 Å². The third-order valence-electron chi connectivity index (χ3n) is 7.92. The minimum atomic E-state index is -3.88. The predicted molar refractivity (Wildman–Crippen MR) is 183 cm³/mol. The number of nitrogens with zero attached hydrogens (tertiary/aromatic N) is 1. The Balaban J connectivity index is 1.89.